The minimum atomic E-state index is -0.819. The predicted octanol–water partition coefficient (Wildman–Crippen LogP) is 13.7. The summed E-state index contributed by atoms with van der Waals surface area (Å²) in [4.78, 5) is 26.0. The van der Waals surface area contributed by atoms with Gasteiger partial charge in [-0.25, -0.2) is 0 Å². The number of hydrogen-bond donors (Lipinski definition) is 3. The number of amides is 1. The third-order valence-corrected chi connectivity index (χ3v) is 9.76. The Hall–Kier alpha value is -3.74. The number of ether oxygens (including phenoxy) is 1. The fourth-order valence-electron chi connectivity index (χ4n) is 6.25. The molecular weight excluding hydrogens is 731 g/mol. The number of aliphatic hydroxyl groups excluding tert-OH is 2. The fraction of sp³-hybridized carbons (Fsp3) is 0.585. The van der Waals surface area contributed by atoms with Crippen LogP contribution in [0, 0.1) is 0 Å². The first-order valence-corrected chi connectivity index (χ1v) is 23.4. The van der Waals surface area contributed by atoms with Gasteiger partial charge in [0.1, 0.15) is 6.10 Å². The van der Waals surface area contributed by atoms with Crippen LogP contribution in [-0.4, -0.2) is 46.9 Å². The summed E-state index contributed by atoms with van der Waals surface area (Å²) in [6.07, 6.45) is 62.5. The Kier molecular flexibility index (Phi) is 42.5. The third-order valence-electron chi connectivity index (χ3n) is 9.76. The van der Waals surface area contributed by atoms with Crippen LogP contribution in [0.25, 0.3) is 0 Å². The number of carbonyl (C=O) groups is 2. The molecule has 0 aromatic rings. The molecule has 0 aromatic heterocycles. The molecule has 0 bridgehead atoms. The highest BCUT2D eigenvalue weighted by Gasteiger charge is 2.24. The molecule has 0 aliphatic heterocycles. The Morgan fingerprint density at radius 1 is 0.508 bits per heavy atom. The van der Waals surface area contributed by atoms with E-state index in [-0.39, 0.29) is 31.3 Å². The zero-order valence-corrected chi connectivity index (χ0v) is 37.6. The molecule has 332 valence electrons. The minimum absolute atomic E-state index is 0.0120. The molecule has 3 unspecified atom stereocenters. The highest BCUT2D eigenvalue weighted by atomic mass is 16.5. The Labute approximate surface area is 361 Å². The Morgan fingerprint density at radius 2 is 0.949 bits per heavy atom. The normalized spacial score (nSPS) is 14.5. The van der Waals surface area contributed by atoms with E-state index in [9.17, 15) is 19.8 Å². The van der Waals surface area contributed by atoms with Crippen LogP contribution in [-0.2, 0) is 14.3 Å². The van der Waals surface area contributed by atoms with Crippen molar-refractivity contribution >= 4 is 11.9 Å². The van der Waals surface area contributed by atoms with Crippen LogP contribution in [0.1, 0.15) is 175 Å². The molecule has 0 fully saturated rings. The number of rotatable bonds is 39. The highest BCUT2D eigenvalue weighted by molar-refractivity contribution is 5.77. The molecular formula is C53H85NO5. The quantitative estimate of drug-likeness (QED) is 0.0326. The fourth-order valence-corrected chi connectivity index (χ4v) is 6.25. The summed E-state index contributed by atoms with van der Waals surface area (Å²) in [5.41, 5.74) is 0. The molecule has 0 aliphatic carbocycles. The summed E-state index contributed by atoms with van der Waals surface area (Å²) < 4.78 is 5.85. The molecule has 3 N–H and O–H groups in total. The summed E-state index contributed by atoms with van der Waals surface area (Å²) in [6, 6.07) is -0.738. The van der Waals surface area contributed by atoms with Crippen molar-refractivity contribution in [1.29, 1.82) is 0 Å². The molecule has 0 saturated carbocycles. The zero-order chi connectivity index (χ0) is 43.1. The topological polar surface area (TPSA) is 95.9 Å². The average Bonchev–Trinajstić information content (AvgIpc) is 3.23. The maximum atomic E-state index is 13.1. The molecule has 59 heavy (non-hydrogen) atoms. The second kappa shape index (κ2) is 45.3. The standard InChI is InChI=1S/C53H85NO5/c1-4-7-10-13-16-19-22-24-25-26-28-30-32-35-38-41-44-49(59-53(58)46-43-40-37-34-31-27-23-20-17-14-11-8-5-2)47-52(57)54-50(48-55)51(56)45-42-39-36-33-29-21-18-15-12-9-6-3/h8,10-11,13-14,16-17,19-20,22-28,30-31,34,37,49-51,55-56H,4-7,9,12,15,18,21,29,32-33,35-36,38-48H2,1-3H3,(H,54,57)/b11-8+,13-10+,17-14+,19-16+,23-20-,24-22+,26-25+,30-28+,31-27-,37-34+. The molecule has 6 nitrogen and oxygen atoms in total. The van der Waals surface area contributed by atoms with Crippen LogP contribution in [0.15, 0.2) is 122 Å². The molecule has 3 atom stereocenters. The van der Waals surface area contributed by atoms with E-state index in [0.29, 0.717) is 19.3 Å². The van der Waals surface area contributed by atoms with Crippen molar-refractivity contribution in [3.63, 3.8) is 0 Å². The Bertz CT molecular complexity index is 1280. The van der Waals surface area contributed by atoms with E-state index >= 15 is 0 Å². The number of esters is 1. The van der Waals surface area contributed by atoms with Gasteiger partial charge in [0.05, 0.1) is 25.2 Å². The van der Waals surface area contributed by atoms with Crippen LogP contribution in [0.3, 0.4) is 0 Å². The van der Waals surface area contributed by atoms with Crippen LogP contribution < -0.4 is 5.32 Å². The maximum absolute atomic E-state index is 13.1. The SMILES string of the molecule is CC/C=C/C=C/C=C\C=C/C=C/CCCC(=O)OC(CCCCC/C=C/C=C/C=C/C=C/C=C/CCC)CC(=O)NC(CO)C(O)CCCCCCCCCCCCC. The predicted molar refractivity (Wildman–Crippen MR) is 254 cm³/mol. The molecule has 6 heteroatoms. The summed E-state index contributed by atoms with van der Waals surface area (Å²) in [5, 5.41) is 23.6. The van der Waals surface area contributed by atoms with Gasteiger partial charge in [-0.1, -0.05) is 226 Å². The Balaban J connectivity index is 4.87. The first kappa shape index (κ1) is 55.3. The third kappa shape index (κ3) is 40.8. The van der Waals surface area contributed by atoms with Crippen LogP contribution in [0.4, 0.5) is 0 Å². The van der Waals surface area contributed by atoms with Crippen molar-refractivity contribution in [2.24, 2.45) is 0 Å². The van der Waals surface area contributed by atoms with Gasteiger partial charge in [-0.05, 0) is 57.8 Å². The van der Waals surface area contributed by atoms with Gasteiger partial charge >= 0.3 is 5.97 Å². The number of unbranched alkanes of at least 4 members (excludes halogenated alkanes) is 15. The van der Waals surface area contributed by atoms with E-state index in [0.717, 1.165) is 70.6 Å². The number of aliphatic hydroxyl groups is 2. The number of hydrogen-bond acceptors (Lipinski definition) is 5. The molecule has 0 radical (unpaired) electrons. The van der Waals surface area contributed by atoms with Crippen LogP contribution in [0.2, 0.25) is 0 Å². The van der Waals surface area contributed by atoms with Gasteiger partial charge in [0.2, 0.25) is 5.91 Å². The van der Waals surface area contributed by atoms with Crippen molar-refractivity contribution in [2.45, 2.75) is 193 Å². The monoisotopic (exact) mass is 816 g/mol. The zero-order valence-electron chi connectivity index (χ0n) is 37.6. The van der Waals surface area contributed by atoms with Crippen molar-refractivity contribution < 1.29 is 24.5 Å². The summed E-state index contributed by atoms with van der Waals surface area (Å²) in [5.74, 6) is -0.621. The van der Waals surface area contributed by atoms with E-state index in [2.05, 4.69) is 56.5 Å². The number of nitrogens with one attached hydrogen (secondary N) is 1. The molecule has 0 spiro atoms. The maximum Gasteiger partial charge on any atom is 0.306 e. The molecule has 0 aliphatic rings. The van der Waals surface area contributed by atoms with Crippen molar-refractivity contribution in [3.8, 4) is 0 Å². The van der Waals surface area contributed by atoms with Crippen molar-refractivity contribution in [3.05, 3.63) is 122 Å². The van der Waals surface area contributed by atoms with Gasteiger partial charge in [-0.15, -0.1) is 0 Å². The van der Waals surface area contributed by atoms with Crippen LogP contribution >= 0.6 is 0 Å². The van der Waals surface area contributed by atoms with Crippen molar-refractivity contribution in [2.75, 3.05) is 6.61 Å². The minimum Gasteiger partial charge on any atom is -0.462 e. The van der Waals surface area contributed by atoms with Gasteiger partial charge in [-0.2, -0.15) is 0 Å². The largest absolute Gasteiger partial charge is 0.462 e. The van der Waals surface area contributed by atoms with E-state index in [4.69, 9.17) is 4.74 Å². The summed E-state index contributed by atoms with van der Waals surface area (Å²) >= 11 is 0. The average molecular weight is 816 g/mol. The molecule has 1 amide bonds. The molecule has 0 aromatic carbocycles. The van der Waals surface area contributed by atoms with E-state index in [1.165, 1.54) is 51.4 Å². The van der Waals surface area contributed by atoms with Gasteiger partial charge < -0.3 is 20.3 Å². The smallest absolute Gasteiger partial charge is 0.306 e. The lowest BCUT2D eigenvalue weighted by Crippen LogP contribution is -2.46. The van der Waals surface area contributed by atoms with Crippen LogP contribution in [0.5, 0.6) is 0 Å². The molecule has 0 heterocycles. The van der Waals surface area contributed by atoms with Gasteiger partial charge in [0, 0.05) is 6.42 Å². The lowest BCUT2D eigenvalue weighted by Gasteiger charge is -2.24. The lowest BCUT2D eigenvalue weighted by molar-refractivity contribution is -0.151. The van der Waals surface area contributed by atoms with Gasteiger partial charge in [0.15, 0.2) is 0 Å². The Morgan fingerprint density at radius 3 is 1.46 bits per heavy atom. The number of carbonyl (C=O) groups excluding carboxylic acids is 2. The van der Waals surface area contributed by atoms with Gasteiger partial charge in [-0.3, -0.25) is 9.59 Å². The number of allylic oxidation sites excluding steroid dienone is 20. The van der Waals surface area contributed by atoms with Crippen molar-refractivity contribution in [1.82, 2.24) is 5.32 Å². The highest BCUT2D eigenvalue weighted by Crippen LogP contribution is 2.16. The lowest BCUT2D eigenvalue weighted by atomic mass is 10.0. The van der Waals surface area contributed by atoms with Gasteiger partial charge in [0.25, 0.3) is 0 Å². The van der Waals surface area contributed by atoms with E-state index in [1.54, 1.807) is 0 Å². The summed E-state index contributed by atoms with van der Waals surface area (Å²) in [6.45, 7) is 6.18. The molecule has 0 saturated heterocycles. The summed E-state index contributed by atoms with van der Waals surface area (Å²) in [7, 11) is 0. The first-order chi connectivity index (χ1) is 29.0. The van der Waals surface area contributed by atoms with E-state index in [1.807, 2.05) is 91.1 Å². The van der Waals surface area contributed by atoms with E-state index < -0.39 is 18.2 Å². The second-order valence-electron chi connectivity index (χ2n) is 15.3. The molecule has 0 rings (SSSR count). The second-order valence-corrected chi connectivity index (χ2v) is 15.3. The first-order valence-electron chi connectivity index (χ1n) is 23.4.